The number of hydrogen-bond donors (Lipinski definition) is 1. The van der Waals surface area contributed by atoms with Crippen molar-refractivity contribution < 1.29 is 0 Å². The standard InChI is InChI=1S/C17H37N3/c1-6-8-17(5,14-18-9-7-2)15-19-10-12-20(13-11-19)16(3)4/h16,18H,6-15H2,1-5H3. The summed E-state index contributed by atoms with van der Waals surface area (Å²) in [6, 6.07) is 0.699. The Morgan fingerprint density at radius 2 is 1.70 bits per heavy atom. The van der Waals surface area contributed by atoms with Gasteiger partial charge in [0.05, 0.1) is 0 Å². The molecule has 0 aromatic heterocycles. The van der Waals surface area contributed by atoms with Crippen LogP contribution in [0.4, 0.5) is 0 Å². The Balaban J connectivity index is 2.41. The van der Waals surface area contributed by atoms with E-state index in [4.69, 9.17) is 0 Å². The number of rotatable bonds is 9. The zero-order valence-corrected chi connectivity index (χ0v) is 14.5. The molecule has 0 amide bonds. The molecule has 1 N–H and O–H groups in total. The van der Waals surface area contributed by atoms with Gasteiger partial charge in [-0.05, 0) is 38.6 Å². The second-order valence-corrected chi connectivity index (χ2v) is 7.14. The van der Waals surface area contributed by atoms with Crippen molar-refractivity contribution in [2.24, 2.45) is 5.41 Å². The summed E-state index contributed by atoms with van der Waals surface area (Å²) >= 11 is 0. The van der Waals surface area contributed by atoms with Crippen molar-refractivity contribution in [2.45, 2.75) is 59.9 Å². The van der Waals surface area contributed by atoms with E-state index in [-0.39, 0.29) is 0 Å². The van der Waals surface area contributed by atoms with E-state index in [9.17, 15) is 0 Å². The first-order valence-electron chi connectivity index (χ1n) is 8.68. The molecule has 0 radical (unpaired) electrons. The predicted octanol–water partition coefficient (Wildman–Crippen LogP) is 2.82. The SMILES string of the molecule is CCCNCC(C)(CCC)CN1CCN(C(C)C)CC1. The van der Waals surface area contributed by atoms with E-state index in [1.807, 2.05) is 0 Å². The average molecular weight is 284 g/mol. The fraction of sp³-hybridized carbons (Fsp3) is 1.00. The summed E-state index contributed by atoms with van der Waals surface area (Å²) in [5.74, 6) is 0. The monoisotopic (exact) mass is 283 g/mol. The van der Waals surface area contributed by atoms with Crippen LogP contribution in [0.25, 0.3) is 0 Å². The van der Waals surface area contributed by atoms with E-state index in [1.54, 1.807) is 0 Å². The van der Waals surface area contributed by atoms with Gasteiger partial charge in [0, 0.05) is 45.3 Å². The number of nitrogens with one attached hydrogen (secondary N) is 1. The summed E-state index contributed by atoms with van der Waals surface area (Å²) in [5, 5.41) is 3.64. The molecule has 3 heteroatoms. The molecule has 1 heterocycles. The van der Waals surface area contributed by atoms with Crippen molar-refractivity contribution in [1.29, 1.82) is 0 Å². The van der Waals surface area contributed by atoms with Crippen LogP contribution in [0.3, 0.4) is 0 Å². The van der Waals surface area contributed by atoms with Crippen molar-refractivity contribution in [3.8, 4) is 0 Å². The molecule has 0 aliphatic carbocycles. The Kier molecular flexibility index (Phi) is 8.08. The average Bonchev–Trinajstić information content (AvgIpc) is 2.39. The van der Waals surface area contributed by atoms with Crippen LogP contribution in [0.2, 0.25) is 0 Å². The molecule has 1 aliphatic rings. The Morgan fingerprint density at radius 1 is 1.05 bits per heavy atom. The van der Waals surface area contributed by atoms with Gasteiger partial charge in [0.1, 0.15) is 0 Å². The summed E-state index contributed by atoms with van der Waals surface area (Å²) in [6.45, 7) is 20.2. The third kappa shape index (κ3) is 6.11. The lowest BCUT2D eigenvalue weighted by Crippen LogP contribution is -2.52. The highest BCUT2D eigenvalue weighted by atomic mass is 15.3. The molecule has 1 saturated heterocycles. The van der Waals surface area contributed by atoms with Gasteiger partial charge in [-0.15, -0.1) is 0 Å². The molecular formula is C17H37N3. The van der Waals surface area contributed by atoms with Crippen LogP contribution in [-0.2, 0) is 0 Å². The van der Waals surface area contributed by atoms with E-state index in [1.165, 1.54) is 58.5 Å². The fourth-order valence-corrected chi connectivity index (χ4v) is 3.37. The first-order chi connectivity index (χ1) is 9.50. The Labute approximate surface area is 127 Å². The minimum Gasteiger partial charge on any atom is -0.316 e. The Hall–Kier alpha value is -0.120. The molecule has 120 valence electrons. The van der Waals surface area contributed by atoms with Crippen molar-refractivity contribution in [2.75, 3.05) is 45.8 Å². The van der Waals surface area contributed by atoms with Gasteiger partial charge in [0.2, 0.25) is 0 Å². The maximum atomic E-state index is 3.64. The van der Waals surface area contributed by atoms with Gasteiger partial charge in [-0.25, -0.2) is 0 Å². The van der Waals surface area contributed by atoms with Crippen LogP contribution in [0.1, 0.15) is 53.9 Å². The molecule has 1 unspecified atom stereocenters. The zero-order chi connectivity index (χ0) is 15.0. The molecule has 0 spiro atoms. The topological polar surface area (TPSA) is 18.5 Å². The minimum absolute atomic E-state index is 0.434. The first-order valence-corrected chi connectivity index (χ1v) is 8.68. The largest absolute Gasteiger partial charge is 0.316 e. The normalized spacial score (nSPS) is 21.3. The van der Waals surface area contributed by atoms with E-state index >= 15 is 0 Å². The molecule has 1 aliphatic heterocycles. The summed E-state index contributed by atoms with van der Waals surface area (Å²) in [7, 11) is 0. The predicted molar refractivity (Wildman–Crippen MR) is 89.3 cm³/mol. The van der Waals surface area contributed by atoms with Gasteiger partial charge in [-0.2, -0.15) is 0 Å². The van der Waals surface area contributed by atoms with Gasteiger partial charge in [0.25, 0.3) is 0 Å². The lowest BCUT2D eigenvalue weighted by Gasteiger charge is -2.41. The van der Waals surface area contributed by atoms with Gasteiger partial charge in [-0.3, -0.25) is 4.90 Å². The second-order valence-electron chi connectivity index (χ2n) is 7.14. The molecule has 0 bridgehead atoms. The quantitative estimate of drug-likeness (QED) is 0.657. The second kappa shape index (κ2) is 9.01. The van der Waals surface area contributed by atoms with Crippen LogP contribution in [-0.4, -0.2) is 61.7 Å². The molecule has 1 atom stereocenters. The lowest BCUT2D eigenvalue weighted by atomic mass is 9.84. The molecule has 3 nitrogen and oxygen atoms in total. The highest BCUT2D eigenvalue weighted by molar-refractivity contribution is 4.83. The summed E-state index contributed by atoms with van der Waals surface area (Å²) in [5.41, 5.74) is 0.434. The maximum Gasteiger partial charge on any atom is 0.0113 e. The lowest BCUT2D eigenvalue weighted by molar-refractivity contribution is 0.0718. The third-order valence-electron chi connectivity index (χ3n) is 4.57. The molecular weight excluding hydrogens is 246 g/mol. The van der Waals surface area contributed by atoms with E-state index in [2.05, 4.69) is 49.7 Å². The molecule has 20 heavy (non-hydrogen) atoms. The van der Waals surface area contributed by atoms with Crippen molar-refractivity contribution >= 4 is 0 Å². The number of nitrogens with zero attached hydrogens (tertiary/aromatic N) is 2. The number of hydrogen-bond acceptors (Lipinski definition) is 3. The molecule has 0 aromatic carbocycles. The van der Waals surface area contributed by atoms with Gasteiger partial charge < -0.3 is 10.2 Å². The van der Waals surface area contributed by atoms with Crippen LogP contribution in [0, 0.1) is 5.41 Å². The highest BCUT2D eigenvalue weighted by Gasteiger charge is 2.28. The highest BCUT2D eigenvalue weighted by Crippen LogP contribution is 2.24. The van der Waals surface area contributed by atoms with Crippen LogP contribution < -0.4 is 5.32 Å². The van der Waals surface area contributed by atoms with E-state index in [0.29, 0.717) is 11.5 Å². The summed E-state index contributed by atoms with van der Waals surface area (Å²) < 4.78 is 0. The Bertz CT molecular complexity index is 247. The van der Waals surface area contributed by atoms with Crippen LogP contribution in [0.5, 0.6) is 0 Å². The van der Waals surface area contributed by atoms with Crippen molar-refractivity contribution in [3.05, 3.63) is 0 Å². The smallest absolute Gasteiger partial charge is 0.0113 e. The molecule has 1 rings (SSSR count). The molecule has 0 saturated carbocycles. The Morgan fingerprint density at radius 3 is 2.20 bits per heavy atom. The summed E-state index contributed by atoms with van der Waals surface area (Å²) in [4.78, 5) is 5.28. The third-order valence-corrected chi connectivity index (χ3v) is 4.57. The van der Waals surface area contributed by atoms with Crippen molar-refractivity contribution in [3.63, 3.8) is 0 Å². The molecule has 1 fully saturated rings. The first kappa shape index (κ1) is 17.9. The van der Waals surface area contributed by atoms with E-state index < -0.39 is 0 Å². The van der Waals surface area contributed by atoms with Gasteiger partial charge >= 0.3 is 0 Å². The maximum absolute atomic E-state index is 3.64. The van der Waals surface area contributed by atoms with Crippen molar-refractivity contribution in [1.82, 2.24) is 15.1 Å². The van der Waals surface area contributed by atoms with E-state index in [0.717, 1.165) is 6.54 Å². The van der Waals surface area contributed by atoms with Gasteiger partial charge in [-0.1, -0.05) is 27.2 Å². The zero-order valence-electron chi connectivity index (χ0n) is 14.5. The van der Waals surface area contributed by atoms with Gasteiger partial charge in [0.15, 0.2) is 0 Å². The number of piperazine rings is 1. The van der Waals surface area contributed by atoms with Crippen LogP contribution >= 0.6 is 0 Å². The molecule has 0 aromatic rings. The fourth-order valence-electron chi connectivity index (χ4n) is 3.37. The summed E-state index contributed by atoms with van der Waals surface area (Å²) in [6.07, 6.45) is 3.85. The van der Waals surface area contributed by atoms with Crippen LogP contribution in [0.15, 0.2) is 0 Å². The minimum atomic E-state index is 0.434.